The maximum Gasteiger partial charge on any atom is 0.238 e. The van der Waals surface area contributed by atoms with Crippen LogP contribution in [0.4, 0.5) is 5.69 Å². The molecule has 0 saturated carbocycles. The molecule has 0 atom stereocenters. The average Bonchev–Trinajstić information content (AvgIpc) is 2.57. The Labute approximate surface area is 161 Å². The van der Waals surface area contributed by atoms with E-state index in [0.717, 1.165) is 10.0 Å². The van der Waals surface area contributed by atoms with E-state index in [0.29, 0.717) is 28.8 Å². The lowest BCUT2D eigenvalue weighted by Crippen LogP contribution is -2.30. The molecule has 1 amide bonds. The third kappa shape index (κ3) is 5.63. The van der Waals surface area contributed by atoms with E-state index in [9.17, 15) is 4.79 Å². The van der Waals surface area contributed by atoms with Crippen LogP contribution in [0.15, 0.2) is 40.9 Å². The lowest BCUT2D eigenvalue weighted by molar-refractivity contribution is -0.117. The summed E-state index contributed by atoms with van der Waals surface area (Å²) in [6.45, 7) is 0.907. The molecule has 0 heterocycles. The van der Waals surface area contributed by atoms with Gasteiger partial charge in [-0.2, -0.15) is 0 Å². The Kier molecular flexibility index (Phi) is 7.11. The molecule has 2 rings (SSSR count). The zero-order valence-corrected chi connectivity index (χ0v) is 16.6. The molecule has 0 saturated heterocycles. The number of ether oxygens (including phenoxy) is 2. The minimum Gasteiger partial charge on any atom is -0.495 e. The maximum atomic E-state index is 12.3. The maximum absolute atomic E-state index is 12.3. The first-order valence-electron chi connectivity index (χ1n) is 7.57. The first-order chi connectivity index (χ1) is 11.9. The number of carbonyl (C=O) groups excluding carboxylic acids is 1. The predicted molar refractivity (Wildman–Crippen MR) is 104 cm³/mol. The van der Waals surface area contributed by atoms with Gasteiger partial charge in [0, 0.05) is 17.1 Å². The Morgan fingerprint density at radius 1 is 1.16 bits per heavy atom. The molecule has 2 aromatic carbocycles. The molecule has 5 nitrogen and oxygen atoms in total. The van der Waals surface area contributed by atoms with Gasteiger partial charge in [-0.15, -0.1) is 0 Å². The summed E-state index contributed by atoms with van der Waals surface area (Å²) in [5.41, 5.74) is 1.64. The van der Waals surface area contributed by atoms with Crippen LogP contribution in [0, 0.1) is 0 Å². The van der Waals surface area contributed by atoms with Crippen molar-refractivity contribution in [2.24, 2.45) is 0 Å². The van der Waals surface area contributed by atoms with Crippen molar-refractivity contribution in [2.75, 3.05) is 33.1 Å². The van der Waals surface area contributed by atoms with Crippen LogP contribution in [0.2, 0.25) is 5.02 Å². The topological polar surface area (TPSA) is 50.8 Å². The number of halogens is 2. The Morgan fingerprint density at radius 2 is 1.80 bits per heavy atom. The zero-order valence-electron chi connectivity index (χ0n) is 14.3. The van der Waals surface area contributed by atoms with Crippen LogP contribution in [0.1, 0.15) is 5.56 Å². The summed E-state index contributed by atoms with van der Waals surface area (Å²) in [6.07, 6.45) is 0. The third-order valence-electron chi connectivity index (χ3n) is 3.53. The van der Waals surface area contributed by atoms with Gasteiger partial charge in [-0.05, 0) is 30.8 Å². The molecule has 25 heavy (non-hydrogen) atoms. The second-order valence-electron chi connectivity index (χ2n) is 5.53. The van der Waals surface area contributed by atoms with Gasteiger partial charge in [0.05, 0.1) is 31.5 Å². The van der Waals surface area contributed by atoms with E-state index < -0.39 is 0 Å². The van der Waals surface area contributed by atoms with Gasteiger partial charge in [0.2, 0.25) is 5.91 Å². The number of anilines is 1. The van der Waals surface area contributed by atoms with E-state index >= 15 is 0 Å². The molecule has 0 aliphatic carbocycles. The quantitative estimate of drug-likeness (QED) is 0.720. The van der Waals surface area contributed by atoms with Crippen LogP contribution >= 0.6 is 27.5 Å². The standard InChI is InChI=1S/C18H20BrClN2O3/c1-22(10-12-4-6-13(19)7-5-12)11-18(23)21-15-8-14(20)16(24-2)9-17(15)25-3/h4-9H,10-11H2,1-3H3,(H,21,23). The van der Waals surface area contributed by atoms with Crippen molar-refractivity contribution in [3.63, 3.8) is 0 Å². The van der Waals surface area contributed by atoms with Crippen molar-refractivity contribution in [3.8, 4) is 11.5 Å². The Morgan fingerprint density at radius 3 is 2.40 bits per heavy atom. The van der Waals surface area contributed by atoms with Crippen LogP contribution in [-0.2, 0) is 11.3 Å². The number of carbonyl (C=O) groups is 1. The number of rotatable bonds is 7. The molecule has 2 aromatic rings. The molecule has 0 bridgehead atoms. The molecule has 0 spiro atoms. The summed E-state index contributed by atoms with van der Waals surface area (Å²) >= 11 is 9.53. The summed E-state index contributed by atoms with van der Waals surface area (Å²) in [4.78, 5) is 14.2. The first-order valence-corrected chi connectivity index (χ1v) is 8.74. The predicted octanol–water partition coefficient (Wildman–Crippen LogP) is 4.19. The first kappa shape index (κ1) is 19.6. The minimum atomic E-state index is -0.154. The van der Waals surface area contributed by atoms with E-state index in [1.807, 2.05) is 36.2 Å². The van der Waals surface area contributed by atoms with Crippen molar-refractivity contribution in [2.45, 2.75) is 6.54 Å². The number of likely N-dealkylation sites (N-methyl/N-ethyl adjacent to an activating group) is 1. The van der Waals surface area contributed by atoms with Crippen molar-refractivity contribution in [1.29, 1.82) is 0 Å². The van der Waals surface area contributed by atoms with Crippen LogP contribution < -0.4 is 14.8 Å². The zero-order chi connectivity index (χ0) is 18.4. The largest absolute Gasteiger partial charge is 0.495 e. The van der Waals surface area contributed by atoms with Crippen molar-refractivity contribution < 1.29 is 14.3 Å². The smallest absolute Gasteiger partial charge is 0.238 e. The molecule has 1 N–H and O–H groups in total. The highest BCUT2D eigenvalue weighted by Crippen LogP contribution is 2.35. The van der Waals surface area contributed by atoms with Crippen LogP contribution in [-0.4, -0.2) is 38.6 Å². The summed E-state index contributed by atoms with van der Waals surface area (Å²) < 4.78 is 11.5. The molecule has 0 aliphatic heterocycles. The molecule has 134 valence electrons. The lowest BCUT2D eigenvalue weighted by atomic mass is 10.2. The molecule has 0 aromatic heterocycles. The van der Waals surface area contributed by atoms with Gasteiger partial charge in [-0.3, -0.25) is 9.69 Å². The number of nitrogens with zero attached hydrogens (tertiary/aromatic N) is 1. The van der Waals surface area contributed by atoms with Crippen molar-refractivity contribution in [1.82, 2.24) is 4.90 Å². The van der Waals surface area contributed by atoms with Gasteiger partial charge in [0.25, 0.3) is 0 Å². The van der Waals surface area contributed by atoms with Crippen molar-refractivity contribution in [3.05, 3.63) is 51.5 Å². The highest BCUT2D eigenvalue weighted by molar-refractivity contribution is 9.10. The second-order valence-corrected chi connectivity index (χ2v) is 6.86. The fourth-order valence-electron chi connectivity index (χ4n) is 2.35. The van der Waals surface area contributed by atoms with Gasteiger partial charge in [-0.25, -0.2) is 0 Å². The Hall–Kier alpha value is -1.76. The number of nitrogens with one attached hydrogen (secondary N) is 1. The molecule has 0 unspecified atom stereocenters. The van der Waals surface area contributed by atoms with E-state index in [4.69, 9.17) is 21.1 Å². The van der Waals surface area contributed by atoms with Crippen LogP contribution in [0.5, 0.6) is 11.5 Å². The highest BCUT2D eigenvalue weighted by atomic mass is 79.9. The summed E-state index contributed by atoms with van der Waals surface area (Å²) in [5.74, 6) is 0.827. The van der Waals surface area contributed by atoms with E-state index in [2.05, 4.69) is 21.2 Å². The van der Waals surface area contributed by atoms with Gasteiger partial charge in [0.15, 0.2) is 0 Å². The SMILES string of the molecule is COc1cc(OC)c(NC(=O)CN(C)Cc2ccc(Br)cc2)cc1Cl. The monoisotopic (exact) mass is 426 g/mol. The number of benzene rings is 2. The fraction of sp³-hybridized carbons (Fsp3) is 0.278. The lowest BCUT2D eigenvalue weighted by Gasteiger charge is -2.18. The Bertz CT molecular complexity index is 738. The summed E-state index contributed by atoms with van der Waals surface area (Å²) in [7, 11) is 4.94. The van der Waals surface area contributed by atoms with Gasteiger partial charge in [-0.1, -0.05) is 39.7 Å². The number of hydrogen-bond acceptors (Lipinski definition) is 4. The van der Waals surface area contributed by atoms with Gasteiger partial charge < -0.3 is 14.8 Å². The van der Waals surface area contributed by atoms with Crippen LogP contribution in [0.25, 0.3) is 0 Å². The van der Waals surface area contributed by atoms with Gasteiger partial charge in [0.1, 0.15) is 11.5 Å². The normalized spacial score (nSPS) is 10.6. The van der Waals surface area contributed by atoms with E-state index in [1.54, 1.807) is 12.1 Å². The van der Waals surface area contributed by atoms with E-state index in [-0.39, 0.29) is 12.5 Å². The van der Waals surface area contributed by atoms with E-state index in [1.165, 1.54) is 14.2 Å². The average molecular weight is 428 g/mol. The molecular formula is C18H20BrClN2O3. The van der Waals surface area contributed by atoms with Crippen LogP contribution in [0.3, 0.4) is 0 Å². The highest BCUT2D eigenvalue weighted by Gasteiger charge is 2.14. The number of hydrogen-bond donors (Lipinski definition) is 1. The molecular weight excluding hydrogens is 408 g/mol. The number of methoxy groups -OCH3 is 2. The molecule has 0 fully saturated rings. The fourth-order valence-corrected chi connectivity index (χ4v) is 2.86. The van der Waals surface area contributed by atoms with Gasteiger partial charge >= 0.3 is 0 Å². The number of amides is 1. The summed E-state index contributed by atoms with van der Waals surface area (Å²) in [6, 6.07) is 11.3. The minimum absolute atomic E-state index is 0.154. The molecule has 0 radical (unpaired) electrons. The molecule has 7 heteroatoms. The molecule has 0 aliphatic rings. The Balaban J connectivity index is 1.99. The summed E-state index contributed by atoms with van der Waals surface area (Å²) in [5, 5.41) is 3.23. The third-order valence-corrected chi connectivity index (χ3v) is 4.35. The van der Waals surface area contributed by atoms with Crippen molar-refractivity contribution >= 4 is 39.1 Å². The second kappa shape index (κ2) is 9.08.